The summed E-state index contributed by atoms with van der Waals surface area (Å²) in [6, 6.07) is 20.3. The molecule has 0 radical (unpaired) electrons. The van der Waals surface area contributed by atoms with E-state index in [-0.39, 0.29) is 99.8 Å². The third-order valence-corrected chi connectivity index (χ3v) is 33.7. The van der Waals surface area contributed by atoms with Crippen LogP contribution in [0.3, 0.4) is 0 Å². The first kappa shape index (κ1) is 64.6. The Balaban J connectivity index is 0.746. The number of hydrogen-bond donors (Lipinski definition) is 10. The van der Waals surface area contributed by atoms with Crippen molar-refractivity contribution in [1.29, 1.82) is 0 Å². The molecule has 3 aromatic rings. The van der Waals surface area contributed by atoms with Crippen LogP contribution in [-0.2, 0) is 29.0 Å². The van der Waals surface area contributed by atoms with E-state index in [9.17, 15) is 45.6 Å². The van der Waals surface area contributed by atoms with Gasteiger partial charge in [0.25, 0.3) is 0 Å². The van der Waals surface area contributed by atoms with Crippen LogP contribution in [0, 0.1) is 91.7 Å². The van der Waals surface area contributed by atoms with Crippen molar-refractivity contribution in [3.05, 3.63) is 153 Å². The van der Waals surface area contributed by atoms with Gasteiger partial charge in [-0.1, -0.05) is 102 Å². The number of rotatable bonds is 7. The molecule has 99 heavy (non-hydrogen) atoms. The SMILES string of the molecule is O=C[C@@H]1C[C@]2(CC[C@@]3(C[C@H](Cc4cccc(O)c4)CC34CCCC4)C2)C[C@]12C[C@@H]1C[C@H]3C[C@@H]4C[C@]5(CO)O[C@H]6Oc7cccc8c7C(=O)[C@@]79C(O)=CC(Cc%10cccc(CO)c%10)=C(/C=C\[C@H]%10CCC[C@H]%11CC[C@H](C[C@]%11%10O)[C@H]7SSCNC7=CC(=C3CN7)[C@@]1(C2)[C@H]4[C@](O)([C@@H]5O)[C@H]6O)[C@@H]9C8=O. The van der Waals surface area contributed by atoms with E-state index in [4.69, 9.17) is 9.47 Å². The van der Waals surface area contributed by atoms with Crippen molar-refractivity contribution in [2.24, 2.45) is 91.7 Å². The molecule has 0 amide bonds. The summed E-state index contributed by atoms with van der Waals surface area (Å²) >= 11 is 0. The lowest BCUT2D eigenvalue weighted by Gasteiger charge is -2.65. The molecule has 22 atom stereocenters. The maximum atomic E-state index is 17.2. The Labute approximate surface area is 587 Å². The molecule has 3 aliphatic heterocycles. The van der Waals surface area contributed by atoms with Crippen molar-refractivity contribution >= 4 is 39.4 Å². The third-order valence-electron chi connectivity index (χ3n) is 31.0. The van der Waals surface area contributed by atoms with Gasteiger partial charge in [0.15, 0.2) is 11.6 Å². The second-order valence-electron chi connectivity index (χ2n) is 35.1. The van der Waals surface area contributed by atoms with Gasteiger partial charge in [0.05, 0.1) is 42.0 Å². The molecule has 17 heteroatoms. The van der Waals surface area contributed by atoms with Gasteiger partial charge in [-0.25, -0.2) is 0 Å². The van der Waals surface area contributed by atoms with Crippen LogP contribution in [-0.4, -0.2) is 118 Å². The van der Waals surface area contributed by atoms with Crippen LogP contribution in [0.15, 0.2) is 125 Å². The maximum Gasteiger partial charge on any atom is 0.229 e. The van der Waals surface area contributed by atoms with Gasteiger partial charge in [-0.15, -0.1) is 0 Å². The number of hydrogen-bond acceptors (Lipinski definition) is 17. The predicted octanol–water partition coefficient (Wildman–Crippen LogP) is 11.8. The van der Waals surface area contributed by atoms with Gasteiger partial charge in [0.1, 0.15) is 52.4 Å². The standard InChI is InChI=1S/C82H96N2O13S2/c85-38-47-9-3-7-45(23-47)25-50-29-63(89)81-66-58(50)18-17-54-11-5-10-53-16-15-49(34-80(53,54)94)71(81)99-98-44-84-64-30-61-60(37-83-64)51-27-52-33-78(43-87)73(93)82(95,70(92)72(97-78)96-62-14-6-13-59(67(66)90)65(62)69(81)91)68(52)79(61)42-75(36-55(79)28-51)40-74(35-56(75)39-86)21-22-77(41-74)32-48(31-76(77)19-1-2-20-76)24-46-8-4-12-57(88)26-46/h3-4,6-9,12-14,17-18,23,26,29-30,39,48-49,51-56,66,68,70-73,83-85,87-89,92-95H,1-2,5,10-11,15-16,19-22,24-25,27-28,31-38,40-44H2/b18-17-/t48-,49-,51-,52-,53+,54-,55+,56+,66-,68+,70+,71-,72-,73-,74-,75+,77-,78-,79+,80+,81+,82-/m1/s1. The van der Waals surface area contributed by atoms with E-state index in [2.05, 4.69) is 28.9 Å². The van der Waals surface area contributed by atoms with E-state index in [0.29, 0.717) is 72.9 Å². The summed E-state index contributed by atoms with van der Waals surface area (Å²) in [6.07, 6.45) is 24.5. The third kappa shape index (κ3) is 8.86. The van der Waals surface area contributed by atoms with Gasteiger partial charge in [0, 0.05) is 40.5 Å². The summed E-state index contributed by atoms with van der Waals surface area (Å²) in [6.45, 7) is -0.377. The summed E-state index contributed by atoms with van der Waals surface area (Å²) in [5.74, 6) is -2.63. The lowest BCUT2D eigenvalue weighted by atomic mass is 9.46. The molecule has 3 aromatic carbocycles. The lowest BCUT2D eigenvalue weighted by Crippen LogP contribution is -2.81. The number of carbonyl (C=O) groups excluding carboxylic acids is 3. The van der Waals surface area contributed by atoms with Crippen LogP contribution in [0.4, 0.5) is 0 Å². The number of ether oxygens (including phenoxy) is 2. The van der Waals surface area contributed by atoms with Crippen LogP contribution in [0.25, 0.3) is 0 Å². The highest BCUT2D eigenvalue weighted by Gasteiger charge is 2.80. The maximum absolute atomic E-state index is 17.2. The van der Waals surface area contributed by atoms with Gasteiger partial charge in [0.2, 0.25) is 6.29 Å². The van der Waals surface area contributed by atoms with Gasteiger partial charge >= 0.3 is 0 Å². The van der Waals surface area contributed by atoms with Gasteiger partial charge < -0.3 is 65.8 Å². The van der Waals surface area contributed by atoms with E-state index in [0.717, 1.165) is 94.0 Å². The van der Waals surface area contributed by atoms with Gasteiger partial charge in [-0.2, -0.15) is 0 Å². The molecule has 0 aromatic heterocycles. The Morgan fingerprint density at radius 2 is 1.58 bits per heavy atom. The highest BCUT2D eigenvalue weighted by molar-refractivity contribution is 8.77. The van der Waals surface area contributed by atoms with Crippen molar-refractivity contribution in [1.82, 2.24) is 10.6 Å². The number of fused-ring (bicyclic) bond motifs is 5. The topological polar surface area (TPSA) is 256 Å². The van der Waals surface area contributed by atoms with Crippen LogP contribution in [0.5, 0.6) is 11.5 Å². The Kier molecular flexibility index (Phi) is 14.8. The molecular weight excluding hydrogens is 1290 g/mol. The first-order chi connectivity index (χ1) is 47.8. The van der Waals surface area contributed by atoms with E-state index in [1.807, 2.05) is 42.5 Å². The van der Waals surface area contributed by atoms with Crippen molar-refractivity contribution < 1.29 is 64.7 Å². The molecule has 14 aliphatic carbocycles. The second kappa shape index (κ2) is 22.6. The summed E-state index contributed by atoms with van der Waals surface area (Å²) in [5.41, 5.74) is -2.00. The Hall–Kier alpha value is -5.21. The Morgan fingerprint density at radius 3 is 2.40 bits per heavy atom. The molecule has 1 saturated heterocycles. The fraction of sp³-hybridized carbons (Fsp3) is 0.622. The smallest absolute Gasteiger partial charge is 0.229 e. The Morgan fingerprint density at radius 1 is 0.758 bits per heavy atom. The summed E-state index contributed by atoms with van der Waals surface area (Å²) in [7, 11) is 3.03. The number of phenols is 1. The zero-order valence-corrected chi connectivity index (χ0v) is 58.2. The number of carbonyl (C=O) groups is 3. The average Bonchev–Trinajstić information content (AvgIpc) is 1.57. The zero-order chi connectivity index (χ0) is 67.6. The molecule has 524 valence electrons. The minimum atomic E-state index is -2.40. The molecule has 10 N–H and O–H groups in total. The van der Waals surface area contributed by atoms with E-state index < -0.39 is 86.8 Å². The van der Waals surface area contributed by atoms with Crippen LogP contribution >= 0.6 is 21.6 Å². The molecule has 20 rings (SSSR count). The predicted molar refractivity (Wildman–Crippen MR) is 374 cm³/mol. The Bertz CT molecular complexity index is 4080. The molecule has 10 fully saturated rings. The van der Waals surface area contributed by atoms with Crippen LogP contribution in [0.2, 0.25) is 0 Å². The summed E-state index contributed by atoms with van der Waals surface area (Å²) < 4.78 is 14.1. The summed E-state index contributed by atoms with van der Waals surface area (Å²) in [4.78, 5) is 48.3. The fourth-order valence-electron chi connectivity index (χ4n) is 27.8. The largest absolute Gasteiger partial charge is 0.511 e. The molecule has 9 saturated carbocycles. The number of nitrogens with one attached hydrogen (secondary N) is 2. The summed E-state index contributed by atoms with van der Waals surface area (Å²) in [5, 5.41) is 108. The van der Waals surface area contributed by atoms with Crippen LogP contribution in [0.1, 0.15) is 179 Å². The molecule has 17 aliphatic rings. The number of benzene rings is 3. The quantitative estimate of drug-likeness (QED) is 0.0779. The van der Waals surface area contributed by atoms with E-state index in [1.54, 1.807) is 30.3 Å². The normalized spacial score (nSPS) is 45.7. The number of aromatic hydroxyl groups is 1. The number of dihydropyridines is 1. The van der Waals surface area contributed by atoms with E-state index >= 15 is 9.59 Å². The minimum absolute atomic E-state index is 0.0152. The first-order valence-electron chi connectivity index (χ1n) is 37.7. The highest BCUT2D eigenvalue weighted by atomic mass is 33.1. The number of Topliss-reactive ketones (excluding diaryl/α,β-unsaturated/α-hetero) is 2. The average molecular weight is 1380 g/mol. The number of aliphatic hydroxyl groups is 7. The van der Waals surface area contributed by atoms with E-state index in [1.165, 1.54) is 71.1 Å². The molecule has 15 nitrogen and oxygen atoms in total. The number of phenolic OH excluding ortho intramolecular Hbond substituents is 1. The van der Waals surface area contributed by atoms with Gasteiger partial charge in [-0.3, -0.25) is 9.59 Å². The minimum Gasteiger partial charge on any atom is -0.511 e. The second-order valence-corrected chi connectivity index (χ2v) is 37.6. The molecule has 0 unspecified atom stereocenters. The zero-order valence-electron chi connectivity index (χ0n) is 56.6. The van der Waals surface area contributed by atoms with Gasteiger partial charge in [-0.05, 0) is 261 Å². The fourth-order valence-corrected chi connectivity index (χ4v) is 30.8. The van der Waals surface area contributed by atoms with Crippen molar-refractivity contribution in [3.63, 3.8) is 0 Å². The lowest BCUT2D eigenvalue weighted by molar-refractivity contribution is -0.392. The molecule has 13 bridgehead atoms. The molecule has 6 spiro atoms. The monoisotopic (exact) mass is 1380 g/mol. The highest BCUT2D eigenvalue weighted by Crippen LogP contribution is 2.82. The number of ketones is 2. The van der Waals surface area contributed by atoms with Crippen molar-refractivity contribution in [3.8, 4) is 11.5 Å². The van der Waals surface area contributed by atoms with Crippen molar-refractivity contribution in [2.45, 2.75) is 201 Å². The van der Waals surface area contributed by atoms with Crippen LogP contribution < -0.4 is 15.4 Å². The molecule has 3 heterocycles. The first-order valence-corrected chi connectivity index (χ1v) is 40.1. The number of allylic oxidation sites excluding steroid dienone is 7. The van der Waals surface area contributed by atoms with Crippen molar-refractivity contribution in [2.75, 3.05) is 19.0 Å². The number of aliphatic hydroxyl groups excluding tert-OH is 5. The molecular formula is C82H96N2O13S2. The number of aldehydes is 1.